The molecule has 0 amide bonds. The monoisotopic (exact) mass is 746 g/mol. The summed E-state index contributed by atoms with van der Waals surface area (Å²) in [5.74, 6) is 1.04. The highest BCUT2D eigenvalue weighted by Crippen LogP contribution is 2.44. The molecule has 8 aromatic carbocycles. The second-order valence-electron chi connectivity index (χ2n) is 14.6. The maximum absolute atomic E-state index is 7.02. The quantitative estimate of drug-likeness (QED) is 0.168. The molecular weight excluding hydrogens is 713 g/mol. The molecule has 0 saturated carbocycles. The molecule has 0 unspecified atom stereocenters. The van der Waals surface area contributed by atoms with E-state index in [4.69, 9.17) is 29.7 Å². The number of nitrogens with zero attached hydrogens (tertiary/aromatic N) is 4. The van der Waals surface area contributed by atoms with Crippen LogP contribution < -0.4 is 0 Å². The van der Waals surface area contributed by atoms with Crippen molar-refractivity contribution >= 4 is 33.9 Å². The zero-order valence-electron chi connectivity index (χ0n) is 31.2. The van der Waals surface area contributed by atoms with Crippen molar-refractivity contribution in [3.05, 3.63) is 240 Å². The van der Waals surface area contributed by atoms with Crippen LogP contribution in [0.1, 0.15) is 33.4 Å². The Morgan fingerprint density at radius 3 is 1.07 bits per heavy atom. The molecule has 13 rings (SSSR count). The molecule has 5 aliphatic rings. The van der Waals surface area contributed by atoms with Crippen molar-refractivity contribution in [2.75, 3.05) is 0 Å². The first kappa shape index (κ1) is 33.9. The summed E-state index contributed by atoms with van der Waals surface area (Å²) >= 11 is 0. The minimum Gasteiger partial charge on any atom is -0.227 e. The van der Waals surface area contributed by atoms with Gasteiger partial charge in [0.05, 0.1) is 0 Å². The van der Waals surface area contributed by atoms with Gasteiger partial charge in [-0.3, -0.25) is 0 Å². The van der Waals surface area contributed by atoms with Crippen LogP contribution in [0.25, 0.3) is 33.0 Å². The smallest absolute Gasteiger partial charge is 0.227 e. The van der Waals surface area contributed by atoms with Gasteiger partial charge in [0.1, 0.15) is 11.4 Å². The molecule has 6 nitrogen and oxygen atoms in total. The zero-order chi connectivity index (χ0) is 38.5. The third kappa shape index (κ3) is 5.50. The van der Waals surface area contributed by atoms with Gasteiger partial charge in [-0.15, -0.1) is 0 Å². The van der Waals surface area contributed by atoms with E-state index in [0.29, 0.717) is 23.1 Å². The number of hydrogen-bond donors (Lipinski definition) is 0. The zero-order valence-corrected chi connectivity index (χ0v) is 31.2. The Kier molecular flexibility index (Phi) is 8.00. The molecule has 0 aromatic heterocycles. The molecule has 0 aliphatic carbocycles. The fourth-order valence-electron chi connectivity index (χ4n) is 8.27. The van der Waals surface area contributed by atoms with Crippen molar-refractivity contribution in [3.8, 4) is 22.3 Å². The van der Waals surface area contributed by atoms with Crippen molar-refractivity contribution in [1.82, 2.24) is 0 Å². The molecule has 0 fully saturated rings. The largest absolute Gasteiger partial charge is 0.263 e. The summed E-state index contributed by atoms with van der Waals surface area (Å²) in [4.78, 5) is 35.5. The van der Waals surface area contributed by atoms with Gasteiger partial charge in [-0.25, -0.2) is 20.0 Å². The summed E-state index contributed by atoms with van der Waals surface area (Å²) in [6, 6.07) is 69.8. The fourth-order valence-corrected chi connectivity index (χ4v) is 8.27. The minimum absolute atomic E-state index is 0.522. The van der Waals surface area contributed by atoms with Crippen molar-refractivity contribution in [1.29, 1.82) is 0 Å². The first-order valence-corrected chi connectivity index (χ1v) is 19.4. The average Bonchev–Trinajstić information content (AvgIpc) is 3.90. The van der Waals surface area contributed by atoms with Gasteiger partial charge in [-0.2, -0.15) is 9.78 Å². The van der Waals surface area contributed by atoms with Crippen molar-refractivity contribution < 1.29 is 9.78 Å². The fraction of sp³-hybridized carbons (Fsp3) is 0.0385. The van der Waals surface area contributed by atoms with Gasteiger partial charge >= 0.3 is 0 Å². The van der Waals surface area contributed by atoms with Gasteiger partial charge in [-0.05, 0) is 33.0 Å². The number of amidine groups is 2. The Morgan fingerprint density at radius 1 is 0.310 bits per heavy atom. The Bertz CT molecular complexity index is 2760. The van der Waals surface area contributed by atoms with Crippen molar-refractivity contribution in [2.45, 2.75) is 11.4 Å². The lowest BCUT2D eigenvalue weighted by Gasteiger charge is -2.33. The van der Waals surface area contributed by atoms with Gasteiger partial charge in [0.25, 0.3) is 11.4 Å². The predicted octanol–water partition coefficient (Wildman–Crippen LogP) is 11.3. The number of rotatable bonds is 4. The van der Waals surface area contributed by atoms with Crippen LogP contribution in [0.2, 0.25) is 0 Å². The Morgan fingerprint density at radius 2 is 0.672 bits per heavy atom. The van der Waals surface area contributed by atoms with Crippen LogP contribution in [0.4, 0.5) is 0 Å². The molecule has 2 atom stereocenters. The molecule has 274 valence electrons. The van der Waals surface area contributed by atoms with E-state index >= 15 is 0 Å². The lowest BCUT2D eigenvalue weighted by molar-refractivity contribution is -0.387. The van der Waals surface area contributed by atoms with Crippen LogP contribution in [0.15, 0.2) is 226 Å². The topological polar surface area (TPSA) is 67.9 Å². The van der Waals surface area contributed by atoms with Crippen LogP contribution in [0.3, 0.4) is 0 Å². The second-order valence-corrected chi connectivity index (χ2v) is 14.6. The normalized spacial score (nSPS) is 19.4. The van der Waals surface area contributed by atoms with Crippen LogP contribution in [0.5, 0.6) is 0 Å². The van der Waals surface area contributed by atoms with E-state index in [1.807, 2.05) is 121 Å². The number of hydrogen-bond acceptors (Lipinski definition) is 6. The van der Waals surface area contributed by atoms with Gasteiger partial charge in [0, 0.05) is 33.4 Å². The maximum atomic E-state index is 7.02. The summed E-state index contributed by atoms with van der Waals surface area (Å²) in [6.07, 6.45) is 0. The summed E-state index contributed by atoms with van der Waals surface area (Å²) in [5, 5.41) is 2.35. The summed E-state index contributed by atoms with van der Waals surface area (Å²) in [5.41, 5.74) is 7.45. The van der Waals surface area contributed by atoms with Crippen molar-refractivity contribution in [3.63, 3.8) is 0 Å². The maximum Gasteiger partial charge on any atom is 0.263 e. The lowest BCUT2D eigenvalue weighted by atomic mass is 9.91. The van der Waals surface area contributed by atoms with Crippen LogP contribution in [-0.4, -0.2) is 23.1 Å². The number of benzene rings is 8. The molecule has 5 heterocycles. The van der Waals surface area contributed by atoms with Gasteiger partial charge in [-0.1, -0.05) is 206 Å². The summed E-state index contributed by atoms with van der Waals surface area (Å²) in [7, 11) is 0. The molecule has 58 heavy (non-hydrogen) atoms. The molecule has 8 bridgehead atoms. The van der Waals surface area contributed by atoms with E-state index in [2.05, 4.69) is 84.9 Å². The van der Waals surface area contributed by atoms with E-state index in [-0.39, 0.29) is 0 Å². The second kappa shape index (κ2) is 13.7. The van der Waals surface area contributed by atoms with E-state index < -0.39 is 11.4 Å². The van der Waals surface area contributed by atoms with E-state index in [9.17, 15) is 0 Å². The summed E-state index contributed by atoms with van der Waals surface area (Å²) < 4.78 is 0. The molecule has 8 aromatic rings. The highest BCUT2D eigenvalue weighted by molar-refractivity contribution is 6.21. The molecule has 0 radical (unpaired) electrons. The van der Waals surface area contributed by atoms with Gasteiger partial charge in [0.2, 0.25) is 0 Å². The first-order valence-electron chi connectivity index (χ1n) is 19.4. The van der Waals surface area contributed by atoms with Crippen LogP contribution in [0, 0.1) is 0 Å². The molecule has 5 aliphatic heterocycles. The predicted molar refractivity (Wildman–Crippen MR) is 232 cm³/mol. The molecule has 0 N–H and O–H groups in total. The highest BCUT2D eigenvalue weighted by Gasteiger charge is 2.52. The third-order valence-corrected chi connectivity index (χ3v) is 11.1. The average molecular weight is 747 g/mol. The molecule has 0 saturated heterocycles. The molecular formula is C52H34N4O2. The number of aliphatic imine (C=N–C) groups is 4. The Labute approximate surface area is 335 Å². The van der Waals surface area contributed by atoms with E-state index in [1.54, 1.807) is 0 Å². The standard InChI is InChI=1S/C52H34N4O2/c1-5-15-38(16-6-1)47-51(42-21-9-3-10-22-42)55-49(53-47)40-31-27-35(28-32-40)44-25-13-19-37-20-14-26-45(46(37)44)36-29-33-41(34-30-36)50-54-48(39-17-7-2-8-18-39)52(56-50,58-57-51)43-23-11-4-12-24-43/h1-34H/t51-,52-/m1/s1. The summed E-state index contributed by atoms with van der Waals surface area (Å²) in [6.45, 7) is 0. The van der Waals surface area contributed by atoms with Crippen molar-refractivity contribution in [2.24, 2.45) is 20.0 Å². The molecule has 0 spiro atoms. The molecule has 6 heteroatoms. The highest BCUT2D eigenvalue weighted by atomic mass is 17.2. The van der Waals surface area contributed by atoms with E-state index in [0.717, 1.165) is 61.0 Å². The van der Waals surface area contributed by atoms with Gasteiger partial charge < -0.3 is 0 Å². The SMILES string of the molecule is c1ccc(C2=NC3=N[C@]2(c2ccccc2)OO[C@@]2(c4ccccc4)N=C(N=C2c2ccccc2)c2ccc(cc2)-c2cccc4cccc(c24)-c2ccc3cc2)cc1. The van der Waals surface area contributed by atoms with Crippen LogP contribution >= 0.6 is 0 Å². The first-order chi connectivity index (χ1) is 28.7. The van der Waals surface area contributed by atoms with Crippen LogP contribution in [-0.2, 0) is 21.2 Å². The van der Waals surface area contributed by atoms with Gasteiger partial charge in [0.15, 0.2) is 11.7 Å². The minimum atomic E-state index is -1.53. The Balaban J connectivity index is 1.21. The van der Waals surface area contributed by atoms with E-state index in [1.165, 1.54) is 5.39 Å². The number of fused-ring (bicyclic) bond motifs is 2. The third-order valence-electron chi connectivity index (χ3n) is 11.1. The Hall–Kier alpha value is -7.38. The lowest BCUT2D eigenvalue weighted by Crippen LogP contribution is -2.42.